The lowest BCUT2D eigenvalue weighted by molar-refractivity contribution is -0.139. The van der Waals surface area contributed by atoms with Crippen molar-refractivity contribution in [3.8, 4) is 11.1 Å². The molecule has 1 aliphatic heterocycles. The molecule has 0 spiro atoms. The first-order valence-electron chi connectivity index (χ1n) is 14.6. The molecule has 0 aliphatic carbocycles. The number of carboxylic acids is 1. The molecule has 1 fully saturated rings. The minimum absolute atomic E-state index is 0.0630. The normalized spacial score (nSPS) is 18.2. The zero-order valence-corrected chi connectivity index (χ0v) is 26.9. The number of nitrogens with one attached hydrogen (secondary N) is 1. The van der Waals surface area contributed by atoms with Gasteiger partial charge in [-0.25, -0.2) is 21.6 Å². The van der Waals surface area contributed by atoms with E-state index in [4.69, 9.17) is 0 Å². The van der Waals surface area contributed by atoms with Crippen molar-refractivity contribution in [2.75, 3.05) is 24.0 Å². The van der Waals surface area contributed by atoms with E-state index < -0.39 is 37.6 Å². The molecule has 1 amide bonds. The second-order valence-electron chi connectivity index (χ2n) is 11.8. The van der Waals surface area contributed by atoms with Gasteiger partial charge in [0.15, 0.2) is 0 Å². The highest BCUT2D eigenvalue weighted by molar-refractivity contribution is 7.90. The number of amides is 1. The fourth-order valence-electron chi connectivity index (χ4n) is 5.93. The molecule has 1 unspecified atom stereocenters. The molecule has 0 radical (unpaired) electrons. The van der Waals surface area contributed by atoms with Crippen LogP contribution in [-0.2, 0) is 37.4 Å². The summed E-state index contributed by atoms with van der Waals surface area (Å²) in [6, 6.07) is 21.7. The molecular weight excluding hydrogens is 601 g/mol. The minimum Gasteiger partial charge on any atom is -0.480 e. The van der Waals surface area contributed by atoms with Gasteiger partial charge in [-0.1, -0.05) is 60.7 Å². The van der Waals surface area contributed by atoms with Crippen LogP contribution in [0.25, 0.3) is 11.1 Å². The molecule has 2 N–H and O–H groups in total. The number of rotatable bonds is 13. The predicted octanol–water partition coefficient (Wildman–Crippen LogP) is 3.90. The summed E-state index contributed by atoms with van der Waals surface area (Å²) in [5.74, 6) is -2.24. The second kappa shape index (κ2) is 14.0. The maximum atomic E-state index is 13.5. The number of carboxylic acid groups (broad SMARTS) is 1. The number of carbonyl (C=O) groups is 2. The maximum Gasteiger partial charge on any atom is 0.326 e. The smallest absolute Gasteiger partial charge is 0.326 e. The van der Waals surface area contributed by atoms with E-state index in [2.05, 4.69) is 22.3 Å². The largest absolute Gasteiger partial charge is 0.480 e. The molecule has 11 heteroatoms. The molecule has 0 saturated carbocycles. The summed E-state index contributed by atoms with van der Waals surface area (Å²) in [4.78, 5) is 27.6. The molecule has 0 bridgehead atoms. The Morgan fingerprint density at radius 2 is 1.52 bits per heavy atom. The maximum absolute atomic E-state index is 13.5. The van der Waals surface area contributed by atoms with Gasteiger partial charge in [0.1, 0.15) is 25.7 Å². The van der Waals surface area contributed by atoms with Gasteiger partial charge in [-0.2, -0.15) is 0 Å². The van der Waals surface area contributed by atoms with E-state index in [1.54, 1.807) is 6.07 Å². The monoisotopic (exact) mass is 640 g/mol. The van der Waals surface area contributed by atoms with Crippen LogP contribution in [0.3, 0.4) is 0 Å². The number of likely N-dealkylation sites (tertiary alicyclic amines) is 1. The number of benzene rings is 3. The highest BCUT2D eigenvalue weighted by Crippen LogP contribution is 2.33. The molecule has 3 aromatic rings. The van der Waals surface area contributed by atoms with Crippen LogP contribution in [0.4, 0.5) is 0 Å². The van der Waals surface area contributed by atoms with Crippen LogP contribution < -0.4 is 5.32 Å². The fraction of sp³-hybridized carbons (Fsp3) is 0.394. The topological polar surface area (TPSA) is 138 Å². The Hall–Kier alpha value is -3.54. The van der Waals surface area contributed by atoms with Gasteiger partial charge in [-0.05, 0) is 72.6 Å². The summed E-state index contributed by atoms with van der Waals surface area (Å²) in [6.45, 7) is 2.40. The lowest BCUT2D eigenvalue weighted by Gasteiger charge is -2.30. The third-order valence-electron chi connectivity index (χ3n) is 8.09. The molecule has 9 nitrogen and oxygen atoms in total. The van der Waals surface area contributed by atoms with Gasteiger partial charge in [-0.3, -0.25) is 9.69 Å². The van der Waals surface area contributed by atoms with Crippen molar-refractivity contribution in [3.05, 3.63) is 95.1 Å². The van der Waals surface area contributed by atoms with Crippen LogP contribution >= 0.6 is 0 Å². The van der Waals surface area contributed by atoms with Gasteiger partial charge in [0.25, 0.3) is 5.91 Å². The van der Waals surface area contributed by atoms with Crippen molar-refractivity contribution in [2.45, 2.75) is 57.3 Å². The lowest BCUT2D eigenvalue weighted by Crippen LogP contribution is -2.42. The first-order chi connectivity index (χ1) is 20.7. The van der Waals surface area contributed by atoms with Gasteiger partial charge in [0, 0.05) is 36.7 Å². The van der Waals surface area contributed by atoms with Crippen LogP contribution in [0, 0.1) is 6.92 Å². The quantitative estimate of drug-likeness (QED) is 0.287. The molecule has 236 valence electrons. The number of aryl methyl sites for hydroxylation is 1. The average Bonchev–Trinajstić information content (AvgIpc) is 3.29. The summed E-state index contributed by atoms with van der Waals surface area (Å²) in [5.41, 5.74) is 4.68. The fourth-order valence-corrected chi connectivity index (χ4v) is 7.65. The summed E-state index contributed by atoms with van der Waals surface area (Å²) >= 11 is 0. The first-order valence-corrected chi connectivity index (χ1v) is 18.7. The molecule has 4 rings (SSSR count). The SMILES string of the molecule is Cc1ccccc1-c1cc(CN2C(CS(C)(=O)=O)CC[C@@H]2Cc2ccccc2)ccc1C(=O)N[C@@H](CCS(C)(=O)=O)C(=O)O. The van der Waals surface area contributed by atoms with Gasteiger partial charge in [0.2, 0.25) is 0 Å². The van der Waals surface area contributed by atoms with E-state index in [1.807, 2.05) is 61.5 Å². The van der Waals surface area contributed by atoms with Crippen LogP contribution in [0.1, 0.15) is 46.3 Å². The molecular formula is C33H40N2O7S2. The Kier molecular flexibility index (Phi) is 10.6. The van der Waals surface area contributed by atoms with Gasteiger partial charge in [-0.15, -0.1) is 0 Å². The Bertz CT molecular complexity index is 1710. The van der Waals surface area contributed by atoms with Crippen molar-refractivity contribution < 1.29 is 31.5 Å². The first kappa shape index (κ1) is 33.4. The number of hydrogen-bond donors (Lipinski definition) is 2. The molecule has 44 heavy (non-hydrogen) atoms. The number of sulfone groups is 2. The van der Waals surface area contributed by atoms with Crippen molar-refractivity contribution in [1.82, 2.24) is 10.2 Å². The molecule has 3 atom stereocenters. The van der Waals surface area contributed by atoms with Crippen LogP contribution in [-0.4, -0.2) is 80.9 Å². The number of hydrogen-bond acceptors (Lipinski definition) is 7. The van der Waals surface area contributed by atoms with Gasteiger partial charge < -0.3 is 10.4 Å². The van der Waals surface area contributed by atoms with E-state index in [9.17, 15) is 31.5 Å². The van der Waals surface area contributed by atoms with E-state index in [0.717, 1.165) is 42.2 Å². The van der Waals surface area contributed by atoms with E-state index in [-0.39, 0.29) is 35.6 Å². The zero-order chi connectivity index (χ0) is 32.1. The Morgan fingerprint density at radius 3 is 2.16 bits per heavy atom. The third kappa shape index (κ3) is 9.23. The zero-order valence-electron chi connectivity index (χ0n) is 25.3. The molecule has 1 heterocycles. The number of aliphatic carboxylic acids is 1. The van der Waals surface area contributed by atoms with E-state index in [0.29, 0.717) is 12.1 Å². The number of nitrogens with zero attached hydrogens (tertiary/aromatic N) is 1. The van der Waals surface area contributed by atoms with E-state index >= 15 is 0 Å². The van der Waals surface area contributed by atoms with Crippen molar-refractivity contribution in [2.24, 2.45) is 0 Å². The Labute approximate surface area is 260 Å². The van der Waals surface area contributed by atoms with Crippen molar-refractivity contribution >= 4 is 31.6 Å². The van der Waals surface area contributed by atoms with Crippen LogP contribution in [0.5, 0.6) is 0 Å². The predicted molar refractivity (Wildman–Crippen MR) is 172 cm³/mol. The van der Waals surface area contributed by atoms with Gasteiger partial charge in [0.05, 0.1) is 11.5 Å². The minimum atomic E-state index is -3.42. The Morgan fingerprint density at radius 1 is 0.864 bits per heavy atom. The molecule has 1 saturated heterocycles. The summed E-state index contributed by atoms with van der Waals surface area (Å²) < 4.78 is 48.0. The third-order valence-corrected chi connectivity index (χ3v) is 10.1. The number of carbonyl (C=O) groups excluding carboxylic acids is 1. The molecule has 3 aromatic carbocycles. The van der Waals surface area contributed by atoms with Gasteiger partial charge >= 0.3 is 5.97 Å². The highest BCUT2D eigenvalue weighted by Gasteiger charge is 2.35. The Balaban J connectivity index is 1.68. The van der Waals surface area contributed by atoms with E-state index in [1.165, 1.54) is 11.8 Å². The molecule has 0 aromatic heterocycles. The summed E-state index contributed by atoms with van der Waals surface area (Å²) in [7, 11) is -6.64. The van der Waals surface area contributed by atoms with Crippen LogP contribution in [0.2, 0.25) is 0 Å². The molecule has 1 aliphatic rings. The lowest BCUT2D eigenvalue weighted by atomic mass is 9.93. The summed E-state index contributed by atoms with van der Waals surface area (Å²) in [5, 5.41) is 12.2. The summed E-state index contributed by atoms with van der Waals surface area (Å²) in [6.07, 6.45) is 4.45. The van der Waals surface area contributed by atoms with Crippen molar-refractivity contribution in [1.29, 1.82) is 0 Å². The standard InChI is InChI=1S/C33H40N2O7S2/c1-23-9-7-8-12-28(23)30-20-25(13-16-29(30)32(36)34-31(33(37)38)17-18-43(2,39)40)21-35-26(19-24-10-5-4-6-11-24)14-15-27(35)22-44(3,41)42/h4-13,16,20,26-27,31H,14-15,17-19,21-22H2,1-3H3,(H,34,36)(H,37,38)/t26-,27?,31+/m1/s1. The van der Waals surface area contributed by atoms with Crippen LogP contribution in [0.15, 0.2) is 72.8 Å². The van der Waals surface area contributed by atoms with Crippen molar-refractivity contribution in [3.63, 3.8) is 0 Å². The highest BCUT2D eigenvalue weighted by atomic mass is 32.2. The second-order valence-corrected chi connectivity index (χ2v) is 16.3. The average molecular weight is 641 g/mol.